The van der Waals surface area contributed by atoms with Crippen LogP contribution in [0.3, 0.4) is 0 Å². The molecule has 8 nitrogen and oxygen atoms in total. The van der Waals surface area contributed by atoms with Gasteiger partial charge in [-0.05, 0) is 38.1 Å². The maximum atomic E-state index is 13.7. The van der Waals surface area contributed by atoms with E-state index in [0.29, 0.717) is 18.1 Å². The molecule has 0 bridgehead atoms. The first-order valence-corrected chi connectivity index (χ1v) is 10.4. The molecule has 1 aliphatic rings. The third-order valence-corrected chi connectivity index (χ3v) is 5.70. The Labute approximate surface area is 216 Å². The Bertz CT molecular complexity index is 1170. The number of fused-ring (bicyclic) bond motifs is 3. The zero-order valence-electron chi connectivity index (χ0n) is 16.7. The molecular weight excluding hydrogens is 438 g/mol. The number of benzene rings is 1. The summed E-state index contributed by atoms with van der Waals surface area (Å²) >= 11 is 0. The first-order chi connectivity index (χ1) is 13.9. The van der Waals surface area contributed by atoms with Gasteiger partial charge in [0.25, 0.3) is 0 Å². The predicted molar refractivity (Wildman–Crippen MR) is 103 cm³/mol. The van der Waals surface area contributed by atoms with Gasteiger partial charge in [-0.3, -0.25) is 4.68 Å². The van der Waals surface area contributed by atoms with Crippen LogP contribution in [0.4, 0.5) is 10.1 Å². The Morgan fingerprint density at radius 3 is 2.90 bits per heavy atom. The smallest absolute Gasteiger partial charge is 0.571 e. The summed E-state index contributed by atoms with van der Waals surface area (Å²) in [7, 11) is -4.24. The maximum Gasteiger partial charge on any atom is 1.00 e. The van der Waals surface area contributed by atoms with Crippen LogP contribution < -0.4 is 60.9 Å². The van der Waals surface area contributed by atoms with E-state index in [1.54, 1.807) is 29.9 Å². The second-order valence-corrected chi connectivity index (χ2v) is 8.03. The van der Waals surface area contributed by atoms with E-state index in [1.807, 2.05) is 6.92 Å². The third-order valence-electron chi connectivity index (χ3n) is 4.37. The van der Waals surface area contributed by atoms with Crippen molar-refractivity contribution < 1.29 is 73.7 Å². The molecule has 1 aromatic carbocycles. The van der Waals surface area contributed by atoms with Gasteiger partial charge in [0.15, 0.2) is 0 Å². The first-order valence-electron chi connectivity index (χ1n) is 8.96. The number of sulfonamides is 1. The van der Waals surface area contributed by atoms with Crippen LogP contribution in [0.1, 0.15) is 19.9 Å². The molecule has 0 fully saturated rings. The normalized spacial score (nSPS) is 15.1. The van der Waals surface area contributed by atoms with Crippen molar-refractivity contribution in [1.29, 1.82) is 0 Å². The fraction of sp³-hybridized carbons (Fsp3) is 0.263. The topological polar surface area (TPSA) is 97.4 Å². The summed E-state index contributed by atoms with van der Waals surface area (Å²) in [5.74, 6) is -0.294. The summed E-state index contributed by atoms with van der Waals surface area (Å²) in [6.45, 7) is 4.27. The number of rotatable bonds is 5. The number of nitrogens with zero attached hydrogens (tertiary/aromatic N) is 4. The average molecular weight is 457 g/mol. The van der Waals surface area contributed by atoms with Gasteiger partial charge in [-0.15, -0.1) is 5.69 Å². The van der Waals surface area contributed by atoms with E-state index in [2.05, 4.69) is 14.8 Å². The molecule has 0 saturated heterocycles. The minimum absolute atomic E-state index is 0. The van der Waals surface area contributed by atoms with Crippen LogP contribution in [0.15, 0.2) is 47.6 Å². The van der Waals surface area contributed by atoms with Crippen LogP contribution in [0.25, 0.3) is 16.0 Å². The SMILES string of the molecule is CCOc1ccc(F)cc1S(=O)(=O)[N-]c1cnc2c(c1)-c1ccnn1[C@@H](C)CO2.[K+]. The number of pyridine rings is 1. The van der Waals surface area contributed by atoms with Crippen molar-refractivity contribution in [2.24, 2.45) is 0 Å². The second kappa shape index (κ2) is 9.33. The Hall–Kier alpha value is -1.50. The minimum Gasteiger partial charge on any atom is -0.571 e. The summed E-state index contributed by atoms with van der Waals surface area (Å²) in [4.78, 5) is 3.88. The van der Waals surface area contributed by atoms with Crippen LogP contribution in [-0.4, -0.2) is 36.4 Å². The Kier molecular flexibility index (Phi) is 7.20. The van der Waals surface area contributed by atoms with Crippen molar-refractivity contribution in [3.05, 3.63) is 53.3 Å². The molecule has 0 spiro atoms. The van der Waals surface area contributed by atoms with E-state index in [-0.39, 0.29) is 80.4 Å². The molecule has 152 valence electrons. The van der Waals surface area contributed by atoms with Crippen LogP contribution >= 0.6 is 0 Å². The van der Waals surface area contributed by atoms with Crippen molar-refractivity contribution >= 4 is 15.7 Å². The van der Waals surface area contributed by atoms with E-state index in [0.717, 1.165) is 17.8 Å². The molecule has 4 rings (SSSR count). The molecule has 1 aliphatic heterocycles. The van der Waals surface area contributed by atoms with E-state index in [9.17, 15) is 12.8 Å². The largest absolute Gasteiger partial charge is 1.00 e. The van der Waals surface area contributed by atoms with Crippen molar-refractivity contribution in [2.45, 2.75) is 24.8 Å². The maximum absolute atomic E-state index is 13.7. The van der Waals surface area contributed by atoms with Gasteiger partial charge in [0, 0.05) is 12.4 Å². The molecule has 3 aromatic rings. The Morgan fingerprint density at radius 2 is 2.13 bits per heavy atom. The van der Waals surface area contributed by atoms with Crippen molar-refractivity contribution in [3.63, 3.8) is 0 Å². The summed E-state index contributed by atoms with van der Waals surface area (Å²) in [6, 6.07) is 6.63. The van der Waals surface area contributed by atoms with Crippen molar-refractivity contribution in [3.8, 4) is 22.9 Å². The molecule has 2 aromatic heterocycles. The fourth-order valence-corrected chi connectivity index (χ4v) is 4.20. The number of hydrogen-bond donors (Lipinski definition) is 0. The van der Waals surface area contributed by atoms with Gasteiger partial charge in [-0.1, -0.05) is 6.07 Å². The molecule has 1 atom stereocenters. The number of halogens is 1. The summed E-state index contributed by atoms with van der Waals surface area (Å²) in [6.07, 6.45) is 2.95. The van der Waals surface area contributed by atoms with Gasteiger partial charge in [0.05, 0.1) is 28.8 Å². The monoisotopic (exact) mass is 456 g/mol. The number of ether oxygens (including phenoxy) is 2. The van der Waals surface area contributed by atoms with Gasteiger partial charge in [-0.2, -0.15) is 5.10 Å². The van der Waals surface area contributed by atoms with Crippen LogP contribution in [0.2, 0.25) is 0 Å². The third kappa shape index (κ3) is 4.55. The number of hydrogen-bond acceptors (Lipinski definition) is 6. The molecule has 0 amide bonds. The van der Waals surface area contributed by atoms with Gasteiger partial charge >= 0.3 is 51.4 Å². The van der Waals surface area contributed by atoms with Crippen molar-refractivity contribution in [1.82, 2.24) is 14.8 Å². The minimum atomic E-state index is -4.24. The van der Waals surface area contributed by atoms with E-state index in [1.165, 1.54) is 12.3 Å². The van der Waals surface area contributed by atoms with Gasteiger partial charge in [0.2, 0.25) is 5.88 Å². The molecule has 0 aliphatic carbocycles. The van der Waals surface area contributed by atoms with Crippen LogP contribution in [-0.2, 0) is 10.0 Å². The standard InChI is InChI=1S/C19H18FN4O4S.K/c1-3-27-17-5-4-13(20)8-18(17)29(25,26)23-14-9-15-16-6-7-22-24(16)12(2)11-28-19(15)21-10-14;/h4-10,12H,3,11H2,1-2H3;/q-1;+1/t12-;/m0./s1. The van der Waals surface area contributed by atoms with E-state index >= 15 is 0 Å². The molecule has 11 heteroatoms. The fourth-order valence-electron chi connectivity index (χ4n) is 3.08. The molecular formula is C19H18FKN4O4S. The molecule has 30 heavy (non-hydrogen) atoms. The quantitative estimate of drug-likeness (QED) is 0.528. The van der Waals surface area contributed by atoms with Gasteiger partial charge < -0.3 is 14.2 Å². The zero-order chi connectivity index (χ0) is 20.6. The molecule has 3 heterocycles. The molecule has 0 N–H and O–H groups in total. The summed E-state index contributed by atoms with van der Waals surface area (Å²) in [5.41, 5.74) is 1.40. The molecule has 0 saturated carbocycles. The number of aromatic nitrogens is 3. The van der Waals surface area contributed by atoms with Gasteiger partial charge in [-0.25, -0.2) is 17.8 Å². The Balaban J connectivity index is 0.00000256. The molecule has 0 radical (unpaired) electrons. The van der Waals surface area contributed by atoms with Crippen LogP contribution in [0.5, 0.6) is 11.6 Å². The van der Waals surface area contributed by atoms with Gasteiger partial charge in [0.1, 0.15) is 28.2 Å². The zero-order valence-corrected chi connectivity index (χ0v) is 20.7. The summed E-state index contributed by atoms with van der Waals surface area (Å²) in [5, 5.41) is 4.29. The molecule has 0 unspecified atom stereocenters. The second-order valence-electron chi connectivity index (χ2n) is 6.46. The predicted octanol–water partition coefficient (Wildman–Crippen LogP) is 0.834. The van der Waals surface area contributed by atoms with E-state index < -0.39 is 15.8 Å². The van der Waals surface area contributed by atoms with Crippen LogP contribution in [0, 0.1) is 5.82 Å². The first kappa shape index (κ1) is 23.2. The Morgan fingerprint density at radius 1 is 1.33 bits per heavy atom. The van der Waals surface area contributed by atoms with Crippen molar-refractivity contribution in [2.75, 3.05) is 13.2 Å². The summed E-state index contributed by atoms with van der Waals surface area (Å²) < 4.78 is 56.0. The van der Waals surface area contributed by atoms with E-state index in [4.69, 9.17) is 9.47 Å². The average Bonchev–Trinajstić information content (AvgIpc) is 3.13.